The maximum atomic E-state index is 4.90. The number of hydrogen-bond acceptors (Lipinski definition) is 0. The van der Waals surface area contributed by atoms with Gasteiger partial charge in [0.25, 0.3) is 0 Å². The van der Waals surface area contributed by atoms with Crippen molar-refractivity contribution >= 4 is 43.1 Å². The molecule has 0 unspecified atom stereocenters. The second-order valence-corrected chi connectivity index (χ2v) is 10.7. The summed E-state index contributed by atoms with van der Waals surface area (Å²) in [6, 6.07) is 32.5. The molecule has 0 spiro atoms. The summed E-state index contributed by atoms with van der Waals surface area (Å²) in [6.07, 6.45) is 0. The Kier molecular flexibility index (Phi) is 8.15. The topological polar surface area (TPSA) is 0 Å². The Morgan fingerprint density at radius 2 is 0.727 bits per heavy atom. The van der Waals surface area contributed by atoms with Crippen LogP contribution in [0.5, 0.6) is 0 Å². The van der Waals surface area contributed by atoms with E-state index in [9.17, 15) is 0 Å². The van der Waals surface area contributed by atoms with E-state index < -0.39 is 23.3 Å². The minimum absolute atomic E-state index is 0.639. The Morgan fingerprint density at radius 1 is 0.500 bits per heavy atom. The van der Waals surface area contributed by atoms with E-state index in [4.69, 9.17) is 19.3 Å². The first kappa shape index (κ1) is 17.7. The Bertz CT molecular complexity index is 554. The normalized spacial score (nSPS) is 10.1. The molecule has 0 N–H and O–H groups in total. The van der Waals surface area contributed by atoms with Gasteiger partial charge in [0.1, 0.15) is 15.9 Å². The molecule has 0 saturated carbocycles. The van der Waals surface area contributed by atoms with Crippen LogP contribution in [0.4, 0.5) is 0 Å². The largest absolute Gasteiger partial charge is 0.102 e. The summed E-state index contributed by atoms with van der Waals surface area (Å²) in [5.41, 5.74) is 0. The predicted molar refractivity (Wildman–Crippen MR) is 98.2 cm³/mol. The zero-order chi connectivity index (χ0) is 15.6. The quantitative estimate of drug-likeness (QED) is 0.441. The molecule has 0 atom stereocenters. The van der Waals surface area contributed by atoms with Crippen molar-refractivity contribution in [2.75, 3.05) is 0 Å². The third-order valence-electron chi connectivity index (χ3n) is 3.19. The molecule has 0 aliphatic carbocycles. The van der Waals surface area contributed by atoms with E-state index in [0.717, 1.165) is 0 Å². The minimum atomic E-state index is -0.877. The molecule has 0 aliphatic heterocycles. The van der Waals surface area contributed by atoms with E-state index >= 15 is 0 Å². The van der Waals surface area contributed by atoms with Crippen molar-refractivity contribution < 1.29 is 15.4 Å². The van der Waals surface area contributed by atoms with Gasteiger partial charge >= 0.3 is 34.7 Å². The Hall–Kier alpha value is -0.694. The van der Waals surface area contributed by atoms with Crippen LogP contribution in [0.25, 0.3) is 0 Å². The van der Waals surface area contributed by atoms with E-state index in [1.54, 1.807) is 0 Å². The molecule has 3 aromatic rings. The molecular weight excluding hydrogens is 508 g/mol. The standard InChI is InChI=1S/C18H15P.2ClH.Os/c1-4-10-16(11-5-1)19(17-12-6-2-7-13-17)18-14-8-3-9-15-18;;;/h1-15H;2*1H;/q;;;+2/p-1. The van der Waals surface area contributed by atoms with Crippen LogP contribution in [-0.2, 0) is 15.4 Å². The summed E-state index contributed by atoms with van der Waals surface area (Å²) >= 11 is -0.639. The van der Waals surface area contributed by atoms with Crippen molar-refractivity contribution in [2.45, 2.75) is 0 Å². The first-order valence-electron chi connectivity index (χ1n) is 6.75. The average molecular weight is 524 g/mol. The molecule has 0 aromatic heterocycles. The van der Waals surface area contributed by atoms with Crippen molar-refractivity contribution in [3.63, 3.8) is 0 Å². The molecule has 0 fully saturated rings. The number of halogens is 2. The monoisotopic (exact) mass is 525 g/mol. The molecule has 0 heterocycles. The second-order valence-electron chi connectivity index (χ2n) is 4.52. The van der Waals surface area contributed by atoms with Gasteiger partial charge < -0.3 is 0 Å². The van der Waals surface area contributed by atoms with E-state index in [0.29, 0.717) is 0 Å². The van der Waals surface area contributed by atoms with E-state index in [1.165, 1.54) is 15.9 Å². The molecule has 4 heteroatoms. The van der Waals surface area contributed by atoms with Crippen molar-refractivity contribution in [3.8, 4) is 0 Å². The molecular formula is C18H16Cl2OsP+. The van der Waals surface area contributed by atoms with Crippen LogP contribution in [0, 0.1) is 0 Å². The van der Waals surface area contributed by atoms with Crippen LogP contribution < -0.4 is 15.9 Å². The summed E-state index contributed by atoms with van der Waals surface area (Å²) in [6.45, 7) is 0. The average Bonchev–Trinajstić information content (AvgIpc) is 2.59. The van der Waals surface area contributed by atoms with E-state index in [1.807, 2.05) is 0 Å². The van der Waals surface area contributed by atoms with Crippen LogP contribution in [0.15, 0.2) is 91.0 Å². The van der Waals surface area contributed by atoms with Gasteiger partial charge in [-0.05, 0) is 36.4 Å². The van der Waals surface area contributed by atoms with Gasteiger partial charge in [-0.25, -0.2) is 0 Å². The molecule has 3 rings (SSSR count). The Morgan fingerprint density at radius 3 is 0.955 bits per heavy atom. The van der Waals surface area contributed by atoms with Crippen LogP contribution in [0.2, 0.25) is 0 Å². The van der Waals surface area contributed by atoms with Gasteiger partial charge in [-0.15, -0.1) is 0 Å². The molecule has 0 nitrogen and oxygen atoms in total. The van der Waals surface area contributed by atoms with Crippen LogP contribution >= 0.6 is 27.2 Å². The van der Waals surface area contributed by atoms with Crippen molar-refractivity contribution in [1.29, 1.82) is 0 Å². The SMILES string of the molecule is [Cl][Os][Cl].c1ccc([PH+](c2ccccc2)c2ccccc2)cc1. The number of benzene rings is 3. The van der Waals surface area contributed by atoms with Crippen LogP contribution in [0.3, 0.4) is 0 Å². The zero-order valence-corrected chi connectivity index (χ0v) is 16.8. The zero-order valence-electron chi connectivity index (χ0n) is 11.8. The Balaban J connectivity index is 0.000000545. The first-order chi connectivity index (χ1) is 10.9. The summed E-state index contributed by atoms with van der Waals surface area (Å²) in [5.74, 6) is 0. The van der Waals surface area contributed by atoms with Crippen LogP contribution in [-0.4, -0.2) is 0 Å². The summed E-state index contributed by atoms with van der Waals surface area (Å²) in [7, 11) is 8.93. The minimum Gasteiger partial charge on any atom is -0.0620 e. The molecule has 22 heavy (non-hydrogen) atoms. The van der Waals surface area contributed by atoms with Gasteiger partial charge in [-0.3, -0.25) is 0 Å². The van der Waals surface area contributed by atoms with E-state index in [2.05, 4.69) is 91.0 Å². The van der Waals surface area contributed by atoms with Gasteiger partial charge in [0.2, 0.25) is 0 Å². The fraction of sp³-hybridized carbons (Fsp3) is 0. The van der Waals surface area contributed by atoms with Crippen LogP contribution in [0.1, 0.15) is 0 Å². The molecule has 0 radical (unpaired) electrons. The molecule has 3 aromatic carbocycles. The maximum Gasteiger partial charge on any atom is 0.102 e. The molecule has 0 amide bonds. The third-order valence-corrected chi connectivity index (χ3v) is 5.92. The van der Waals surface area contributed by atoms with Gasteiger partial charge in [0.15, 0.2) is 0 Å². The van der Waals surface area contributed by atoms with Crippen molar-refractivity contribution in [1.82, 2.24) is 0 Å². The predicted octanol–water partition coefficient (Wildman–Crippen LogP) is 4.55. The summed E-state index contributed by atoms with van der Waals surface area (Å²) < 4.78 is 0. The fourth-order valence-electron chi connectivity index (χ4n) is 2.31. The Labute approximate surface area is 149 Å². The second kappa shape index (κ2) is 10.2. The molecule has 0 saturated heterocycles. The molecule has 0 aliphatic rings. The summed E-state index contributed by atoms with van der Waals surface area (Å²) in [4.78, 5) is 0. The van der Waals surface area contributed by atoms with Gasteiger partial charge in [-0.2, -0.15) is 0 Å². The van der Waals surface area contributed by atoms with Crippen molar-refractivity contribution in [3.05, 3.63) is 91.0 Å². The molecule has 114 valence electrons. The smallest absolute Gasteiger partial charge is 0.0620 e. The van der Waals surface area contributed by atoms with Crippen molar-refractivity contribution in [2.24, 2.45) is 0 Å². The van der Waals surface area contributed by atoms with Gasteiger partial charge in [0.05, 0.1) is 7.92 Å². The number of hydrogen-bond donors (Lipinski definition) is 0. The van der Waals surface area contributed by atoms with Gasteiger partial charge in [-0.1, -0.05) is 54.6 Å². The third kappa shape index (κ3) is 5.19. The van der Waals surface area contributed by atoms with E-state index in [-0.39, 0.29) is 0 Å². The van der Waals surface area contributed by atoms with Gasteiger partial charge in [0, 0.05) is 0 Å². The molecule has 0 bridgehead atoms. The first-order valence-corrected chi connectivity index (χ1v) is 14.5. The fourth-order valence-corrected chi connectivity index (χ4v) is 4.89. The maximum absolute atomic E-state index is 4.90. The summed E-state index contributed by atoms with van der Waals surface area (Å²) in [5, 5.41) is 4.31. The number of rotatable bonds is 3.